The quantitative estimate of drug-likeness (QED) is 0.540. The average molecular weight is 367 g/mol. The van der Waals surface area contributed by atoms with Crippen molar-refractivity contribution in [2.45, 2.75) is 26.8 Å². The van der Waals surface area contributed by atoms with Gasteiger partial charge in [0.05, 0.1) is 21.7 Å². The Morgan fingerprint density at radius 3 is 2.22 bits per heavy atom. The number of benzene rings is 2. The highest BCUT2D eigenvalue weighted by molar-refractivity contribution is 6.33. The van der Waals surface area contributed by atoms with Crippen LogP contribution < -0.4 is 10.6 Å². The van der Waals surface area contributed by atoms with E-state index in [2.05, 4.69) is 10.6 Å². The molecule has 138 valence electrons. The molecule has 0 unspecified atom stereocenters. The largest absolute Gasteiger partial charge is 0.382 e. The smallest absolute Gasteiger partial charge is 0.281 e. The molecule has 0 atom stereocenters. The molecule has 0 radical (unpaired) electrons. The summed E-state index contributed by atoms with van der Waals surface area (Å²) in [5, 5.41) is 17.0. The summed E-state index contributed by atoms with van der Waals surface area (Å²) in [7, 11) is 0. The highest BCUT2D eigenvalue weighted by Crippen LogP contribution is 2.39. The van der Waals surface area contributed by atoms with Crippen LogP contribution in [-0.2, 0) is 4.79 Å². The lowest BCUT2D eigenvalue weighted by Crippen LogP contribution is -2.26. The number of ketones is 2. The van der Waals surface area contributed by atoms with Gasteiger partial charge in [-0.1, -0.05) is 6.07 Å². The zero-order valence-corrected chi connectivity index (χ0v) is 15.0. The highest BCUT2D eigenvalue weighted by Gasteiger charge is 2.38. The van der Waals surface area contributed by atoms with Crippen molar-refractivity contribution in [3.63, 3.8) is 0 Å². The minimum Gasteiger partial charge on any atom is -0.382 e. The number of hydrogen-bond donors (Lipinski definition) is 2. The predicted octanol–water partition coefficient (Wildman–Crippen LogP) is 3.15. The molecule has 0 bridgehead atoms. The van der Waals surface area contributed by atoms with Crippen LogP contribution in [0.4, 0.5) is 17.1 Å². The van der Waals surface area contributed by atoms with Crippen molar-refractivity contribution in [2.75, 3.05) is 10.6 Å². The number of rotatable bonds is 4. The third kappa shape index (κ3) is 3.05. The first-order chi connectivity index (χ1) is 12.7. The maximum atomic E-state index is 13.2. The molecule has 3 rings (SSSR count). The van der Waals surface area contributed by atoms with Crippen LogP contribution in [0.5, 0.6) is 0 Å². The number of amides is 1. The summed E-state index contributed by atoms with van der Waals surface area (Å²) in [5.74, 6) is -1.56. The molecular weight excluding hydrogens is 350 g/mol. The van der Waals surface area contributed by atoms with Crippen molar-refractivity contribution in [2.24, 2.45) is 0 Å². The monoisotopic (exact) mass is 367 g/mol. The van der Waals surface area contributed by atoms with Gasteiger partial charge in [0, 0.05) is 30.3 Å². The molecule has 2 aromatic carbocycles. The van der Waals surface area contributed by atoms with Crippen molar-refractivity contribution < 1.29 is 19.3 Å². The van der Waals surface area contributed by atoms with E-state index in [1.54, 1.807) is 12.1 Å². The third-order valence-corrected chi connectivity index (χ3v) is 4.13. The van der Waals surface area contributed by atoms with Gasteiger partial charge in [-0.2, -0.15) is 0 Å². The van der Waals surface area contributed by atoms with E-state index >= 15 is 0 Å². The summed E-state index contributed by atoms with van der Waals surface area (Å²) in [6.45, 7) is 5.01. The van der Waals surface area contributed by atoms with Gasteiger partial charge in [0.1, 0.15) is 5.56 Å². The Hall–Kier alpha value is -3.55. The number of anilines is 2. The van der Waals surface area contributed by atoms with Crippen molar-refractivity contribution >= 4 is 34.5 Å². The van der Waals surface area contributed by atoms with E-state index in [1.165, 1.54) is 25.1 Å². The predicted molar refractivity (Wildman–Crippen MR) is 99.5 cm³/mol. The second-order valence-electron chi connectivity index (χ2n) is 6.51. The van der Waals surface area contributed by atoms with Crippen LogP contribution in [-0.4, -0.2) is 28.4 Å². The van der Waals surface area contributed by atoms with Crippen molar-refractivity contribution in [1.29, 1.82) is 0 Å². The SMILES string of the molecule is CC(=O)Nc1ccc(NC(C)C)c2c1C(=O)c1cccc([N+](=O)[O-])c1C2=O. The van der Waals surface area contributed by atoms with Gasteiger partial charge in [-0.15, -0.1) is 0 Å². The van der Waals surface area contributed by atoms with Gasteiger partial charge < -0.3 is 10.6 Å². The van der Waals surface area contributed by atoms with E-state index in [9.17, 15) is 24.5 Å². The number of carbonyl (C=O) groups is 3. The molecule has 0 heterocycles. The van der Waals surface area contributed by atoms with E-state index in [1.807, 2.05) is 13.8 Å². The maximum absolute atomic E-state index is 13.2. The van der Waals surface area contributed by atoms with Gasteiger partial charge in [0.2, 0.25) is 11.7 Å². The van der Waals surface area contributed by atoms with E-state index in [0.717, 1.165) is 0 Å². The first-order valence-electron chi connectivity index (χ1n) is 8.30. The Morgan fingerprint density at radius 1 is 1.00 bits per heavy atom. The lowest BCUT2D eigenvalue weighted by molar-refractivity contribution is -0.385. The minimum absolute atomic E-state index is 0.0294. The summed E-state index contributed by atoms with van der Waals surface area (Å²) >= 11 is 0. The Balaban J connectivity index is 2.34. The Bertz CT molecular complexity index is 1010. The number of nitrogens with zero attached hydrogens (tertiary/aromatic N) is 1. The molecule has 27 heavy (non-hydrogen) atoms. The lowest BCUT2D eigenvalue weighted by atomic mass is 9.81. The molecule has 0 aromatic heterocycles. The van der Waals surface area contributed by atoms with Crippen LogP contribution in [0.1, 0.15) is 52.6 Å². The zero-order valence-electron chi connectivity index (χ0n) is 15.0. The van der Waals surface area contributed by atoms with Crippen LogP contribution in [0.25, 0.3) is 0 Å². The number of hydrogen-bond acceptors (Lipinski definition) is 6. The molecule has 8 heteroatoms. The molecule has 8 nitrogen and oxygen atoms in total. The van der Waals surface area contributed by atoms with E-state index < -0.39 is 28.1 Å². The number of carbonyl (C=O) groups excluding carboxylic acids is 3. The first kappa shape index (κ1) is 18.2. The number of nitro benzene ring substituents is 1. The van der Waals surface area contributed by atoms with E-state index in [4.69, 9.17) is 0 Å². The van der Waals surface area contributed by atoms with Gasteiger partial charge >= 0.3 is 0 Å². The number of nitro groups is 1. The molecule has 1 aliphatic rings. The van der Waals surface area contributed by atoms with Crippen LogP contribution in [0.3, 0.4) is 0 Å². The standard InChI is InChI=1S/C19H17N3O5/c1-9(2)20-12-7-8-13(21-10(3)23)16-17(12)19(25)15-11(18(16)24)5-4-6-14(15)22(26)27/h4-9,20H,1-3H3,(H,21,23). The molecule has 2 N–H and O–H groups in total. The zero-order chi connectivity index (χ0) is 19.9. The fourth-order valence-electron chi connectivity index (χ4n) is 3.18. The molecule has 0 fully saturated rings. The summed E-state index contributed by atoms with van der Waals surface area (Å²) in [5.41, 5.74) is -0.0483. The average Bonchev–Trinajstić information content (AvgIpc) is 2.59. The molecule has 0 saturated heterocycles. The topological polar surface area (TPSA) is 118 Å². The van der Waals surface area contributed by atoms with Crippen molar-refractivity contribution in [3.8, 4) is 0 Å². The molecule has 1 aliphatic carbocycles. The van der Waals surface area contributed by atoms with Gasteiger partial charge in [-0.3, -0.25) is 24.5 Å². The summed E-state index contributed by atoms with van der Waals surface area (Å²) in [6, 6.07) is 7.01. The third-order valence-electron chi connectivity index (χ3n) is 4.13. The second kappa shape index (κ2) is 6.64. The fraction of sp³-hybridized carbons (Fsp3) is 0.211. The Morgan fingerprint density at radius 2 is 1.63 bits per heavy atom. The van der Waals surface area contributed by atoms with Crippen molar-refractivity contribution in [1.82, 2.24) is 0 Å². The van der Waals surface area contributed by atoms with E-state index in [0.29, 0.717) is 5.69 Å². The molecule has 0 aliphatic heterocycles. The number of nitrogens with one attached hydrogen (secondary N) is 2. The number of fused-ring (bicyclic) bond motifs is 2. The fourth-order valence-corrected chi connectivity index (χ4v) is 3.18. The van der Waals surface area contributed by atoms with Gasteiger partial charge in [0.15, 0.2) is 5.78 Å². The molecule has 0 spiro atoms. The van der Waals surface area contributed by atoms with Crippen LogP contribution in [0.15, 0.2) is 30.3 Å². The first-order valence-corrected chi connectivity index (χ1v) is 8.30. The van der Waals surface area contributed by atoms with Gasteiger partial charge in [0.25, 0.3) is 5.69 Å². The highest BCUT2D eigenvalue weighted by atomic mass is 16.6. The van der Waals surface area contributed by atoms with E-state index in [-0.39, 0.29) is 34.0 Å². The van der Waals surface area contributed by atoms with Crippen LogP contribution in [0, 0.1) is 10.1 Å². The lowest BCUT2D eigenvalue weighted by Gasteiger charge is -2.24. The van der Waals surface area contributed by atoms with Gasteiger partial charge in [-0.05, 0) is 32.0 Å². The molecule has 1 amide bonds. The Labute approximate surface area is 154 Å². The minimum atomic E-state index is -0.678. The summed E-state index contributed by atoms with van der Waals surface area (Å²) < 4.78 is 0. The normalized spacial score (nSPS) is 12.4. The van der Waals surface area contributed by atoms with Crippen LogP contribution in [0.2, 0.25) is 0 Å². The molecule has 2 aromatic rings. The van der Waals surface area contributed by atoms with Gasteiger partial charge in [-0.25, -0.2) is 0 Å². The molecule has 0 saturated carbocycles. The maximum Gasteiger partial charge on any atom is 0.281 e. The Kier molecular flexibility index (Phi) is 4.49. The van der Waals surface area contributed by atoms with Crippen LogP contribution >= 0.6 is 0 Å². The molecular formula is C19H17N3O5. The second-order valence-corrected chi connectivity index (χ2v) is 6.51. The summed E-state index contributed by atoms with van der Waals surface area (Å²) in [4.78, 5) is 48.6. The van der Waals surface area contributed by atoms with Crippen molar-refractivity contribution in [3.05, 3.63) is 62.7 Å². The summed E-state index contributed by atoms with van der Waals surface area (Å²) in [6.07, 6.45) is 0.